The summed E-state index contributed by atoms with van der Waals surface area (Å²) in [6.45, 7) is 3.63. The fraction of sp³-hybridized carbons (Fsp3) is 0.211. The van der Waals surface area contributed by atoms with Gasteiger partial charge in [0.25, 0.3) is 11.8 Å². The first-order valence-corrected chi connectivity index (χ1v) is 8.39. The lowest BCUT2D eigenvalue weighted by Gasteiger charge is -2.20. The molecular formula is C19H19ClFN3O2. The Balaban J connectivity index is 1.99. The van der Waals surface area contributed by atoms with E-state index in [1.807, 2.05) is 13.8 Å². The summed E-state index contributed by atoms with van der Waals surface area (Å²) in [6, 6.07) is 11.3. The number of benzene rings is 2. The summed E-state index contributed by atoms with van der Waals surface area (Å²) in [5, 5.41) is 7.06. The maximum absolute atomic E-state index is 12.9. The molecule has 7 heteroatoms. The summed E-state index contributed by atoms with van der Waals surface area (Å²) in [7, 11) is 0. The van der Waals surface area contributed by atoms with Gasteiger partial charge in [-0.2, -0.15) is 5.10 Å². The van der Waals surface area contributed by atoms with Gasteiger partial charge in [-0.1, -0.05) is 37.6 Å². The summed E-state index contributed by atoms with van der Waals surface area (Å²) in [5.41, 5.74) is 3.44. The predicted molar refractivity (Wildman–Crippen MR) is 99.7 cm³/mol. The van der Waals surface area contributed by atoms with Crippen LogP contribution < -0.4 is 10.7 Å². The summed E-state index contributed by atoms with van der Waals surface area (Å²) in [6.07, 6.45) is 1.40. The number of hydrogen-bond donors (Lipinski definition) is 2. The van der Waals surface area contributed by atoms with Crippen LogP contribution in [0.1, 0.15) is 29.8 Å². The number of carbonyl (C=O) groups excluding carboxylic acids is 2. The van der Waals surface area contributed by atoms with Gasteiger partial charge in [0.05, 0.1) is 6.21 Å². The summed E-state index contributed by atoms with van der Waals surface area (Å²) in [5.74, 6) is -1.32. The highest BCUT2D eigenvalue weighted by molar-refractivity contribution is 6.30. The van der Waals surface area contributed by atoms with E-state index in [9.17, 15) is 14.0 Å². The molecule has 26 heavy (non-hydrogen) atoms. The Morgan fingerprint density at radius 2 is 1.69 bits per heavy atom. The van der Waals surface area contributed by atoms with Crippen molar-refractivity contribution in [3.8, 4) is 0 Å². The number of carbonyl (C=O) groups is 2. The zero-order valence-corrected chi connectivity index (χ0v) is 15.1. The van der Waals surface area contributed by atoms with Gasteiger partial charge in [0.1, 0.15) is 11.9 Å². The molecule has 0 aliphatic heterocycles. The van der Waals surface area contributed by atoms with Crippen molar-refractivity contribution < 1.29 is 14.0 Å². The van der Waals surface area contributed by atoms with E-state index in [0.29, 0.717) is 16.1 Å². The van der Waals surface area contributed by atoms with Crippen LogP contribution in [-0.2, 0) is 4.79 Å². The van der Waals surface area contributed by atoms with E-state index in [0.717, 1.165) is 0 Å². The van der Waals surface area contributed by atoms with Crippen molar-refractivity contribution in [3.63, 3.8) is 0 Å². The van der Waals surface area contributed by atoms with Crippen molar-refractivity contribution in [2.45, 2.75) is 19.9 Å². The molecule has 136 valence electrons. The zero-order chi connectivity index (χ0) is 19.1. The monoisotopic (exact) mass is 375 g/mol. The van der Waals surface area contributed by atoms with Crippen molar-refractivity contribution in [3.05, 3.63) is 70.5 Å². The summed E-state index contributed by atoms with van der Waals surface area (Å²) >= 11 is 5.81. The third kappa shape index (κ3) is 5.67. The Morgan fingerprint density at radius 3 is 2.27 bits per heavy atom. The van der Waals surface area contributed by atoms with Crippen LogP contribution in [0.25, 0.3) is 0 Å². The van der Waals surface area contributed by atoms with E-state index in [2.05, 4.69) is 15.8 Å². The number of halogens is 2. The summed E-state index contributed by atoms with van der Waals surface area (Å²) < 4.78 is 12.9. The Kier molecular flexibility index (Phi) is 6.86. The van der Waals surface area contributed by atoms with Gasteiger partial charge in [0, 0.05) is 10.6 Å². The quantitative estimate of drug-likeness (QED) is 0.600. The van der Waals surface area contributed by atoms with E-state index >= 15 is 0 Å². The minimum absolute atomic E-state index is 0.146. The molecule has 0 saturated heterocycles. The Hall–Kier alpha value is -2.73. The fourth-order valence-electron chi connectivity index (χ4n) is 2.15. The van der Waals surface area contributed by atoms with Crippen molar-refractivity contribution in [2.75, 3.05) is 0 Å². The third-order valence-electron chi connectivity index (χ3n) is 3.60. The highest BCUT2D eigenvalue weighted by atomic mass is 35.5. The second-order valence-electron chi connectivity index (χ2n) is 5.99. The fourth-order valence-corrected chi connectivity index (χ4v) is 2.28. The number of nitrogens with one attached hydrogen (secondary N) is 2. The van der Waals surface area contributed by atoms with Crippen LogP contribution >= 0.6 is 11.6 Å². The van der Waals surface area contributed by atoms with Crippen molar-refractivity contribution >= 4 is 29.6 Å². The van der Waals surface area contributed by atoms with Crippen LogP contribution in [0.15, 0.2) is 53.6 Å². The molecule has 2 N–H and O–H groups in total. The average Bonchev–Trinajstić information content (AvgIpc) is 2.61. The Bertz CT molecular complexity index is 789. The van der Waals surface area contributed by atoms with E-state index in [1.165, 1.54) is 30.5 Å². The topological polar surface area (TPSA) is 70.6 Å². The molecule has 1 atom stereocenters. The van der Waals surface area contributed by atoms with Crippen LogP contribution in [0.4, 0.5) is 4.39 Å². The maximum atomic E-state index is 12.9. The second kappa shape index (κ2) is 9.10. The number of nitrogens with zero attached hydrogens (tertiary/aromatic N) is 1. The van der Waals surface area contributed by atoms with E-state index in [4.69, 9.17) is 11.6 Å². The standard InChI is InChI=1S/C19H19ClFN3O2/c1-12(2)17(23-18(25)14-5-7-15(20)8-6-14)19(26)24-22-11-13-3-9-16(21)10-4-13/h3-12,17H,1-2H3,(H,23,25)(H,24,26)/b22-11+. The van der Waals surface area contributed by atoms with Gasteiger partial charge >= 0.3 is 0 Å². The second-order valence-corrected chi connectivity index (χ2v) is 6.42. The largest absolute Gasteiger partial charge is 0.340 e. The normalized spacial score (nSPS) is 12.2. The van der Waals surface area contributed by atoms with Crippen LogP contribution in [-0.4, -0.2) is 24.1 Å². The molecule has 0 spiro atoms. The van der Waals surface area contributed by atoms with Gasteiger partial charge in [-0.3, -0.25) is 9.59 Å². The van der Waals surface area contributed by atoms with Gasteiger partial charge in [0.2, 0.25) is 0 Å². The van der Waals surface area contributed by atoms with E-state index in [1.54, 1.807) is 24.3 Å². The van der Waals surface area contributed by atoms with E-state index in [-0.39, 0.29) is 17.6 Å². The lowest BCUT2D eigenvalue weighted by Crippen LogP contribution is -2.48. The van der Waals surface area contributed by atoms with Crippen molar-refractivity contribution in [2.24, 2.45) is 11.0 Å². The Labute approximate surface area is 156 Å². The first-order chi connectivity index (χ1) is 12.4. The molecule has 0 fully saturated rings. The van der Waals surface area contributed by atoms with Crippen molar-refractivity contribution in [1.29, 1.82) is 0 Å². The van der Waals surface area contributed by atoms with Crippen LogP contribution in [0, 0.1) is 11.7 Å². The molecule has 0 saturated carbocycles. The van der Waals surface area contributed by atoms with E-state index < -0.39 is 11.9 Å². The smallest absolute Gasteiger partial charge is 0.262 e. The molecule has 0 aromatic heterocycles. The van der Waals surface area contributed by atoms with Gasteiger partial charge in [0.15, 0.2) is 0 Å². The molecule has 0 radical (unpaired) electrons. The van der Waals surface area contributed by atoms with Crippen LogP contribution in [0.5, 0.6) is 0 Å². The molecular weight excluding hydrogens is 357 g/mol. The molecule has 2 rings (SSSR count). The lowest BCUT2D eigenvalue weighted by molar-refractivity contribution is -0.123. The molecule has 1 unspecified atom stereocenters. The molecule has 0 aliphatic carbocycles. The predicted octanol–water partition coefficient (Wildman–Crippen LogP) is 3.38. The van der Waals surface area contributed by atoms with Gasteiger partial charge in [-0.05, 0) is 47.9 Å². The minimum atomic E-state index is -0.761. The molecule has 0 heterocycles. The number of rotatable bonds is 6. The number of hydrogen-bond acceptors (Lipinski definition) is 3. The third-order valence-corrected chi connectivity index (χ3v) is 3.85. The highest BCUT2D eigenvalue weighted by Crippen LogP contribution is 2.10. The van der Waals surface area contributed by atoms with Gasteiger partial charge < -0.3 is 5.32 Å². The highest BCUT2D eigenvalue weighted by Gasteiger charge is 2.24. The average molecular weight is 376 g/mol. The SMILES string of the molecule is CC(C)C(NC(=O)c1ccc(Cl)cc1)C(=O)N/N=C/c1ccc(F)cc1. The molecule has 5 nitrogen and oxygen atoms in total. The molecule has 2 aromatic carbocycles. The van der Waals surface area contributed by atoms with Crippen molar-refractivity contribution in [1.82, 2.24) is 10.7 Å². The maximum Gasteiger partial charge on any atom is 0.262 e. The molecule has 2 aromatic rings. The lowest BCUT2D eigenvalue weighted by atomic mass is 10.0. The first-order valence-electron chi connectivity index (χ1n) is 8.01. The molecule has 0 bridgehead atoms. The first kappa shape index (κ1) is 19.6. The van der Waals surface area contributed by atoms with Gasteiger partial charge in [-0.15, -0.1) is 0 Å². The Morgan fingerprint density at radius 1 is 1.08 bits per heavy atom. The minimum Gasteiger partial charge on any atom is -0.340 e. The molecule has 2 amide bonds. The zero-order valence-electron chi connectivity index (χ0n) is 14.4. The van der Waals surface area contributed by atoms with Crippen LogP contribution in [0.3, 0.4) is 0 Å². The van der Waals surface area contributed by atoms with Gasteiger partial charge in [-0.25, -0.2) is 9.82 Å². The number of hydrazone groups is 1. The molecule has 0 aliphatic rings. The number of amides is 2. The summed E-state index contributed by atoms with van der Waals surface area (Å²) in [4.78, 5) is 24.6. The van der Waals surface area contributed by atoms with Crippen LogP contribution in [0.2, 0.25) is 5.02 Å².